The molecule has 0 saturated heterocycles. The standard InChI is InChI=1S/C20H15N3O3S/c1-12-2-5-14(6-3-12)16-11-27-20(22-16)23-19(26)15(10-21)8-13-4-7-17(24)18(25)9-13/h2-9,11,24-25H,1H3,(H,22,23,26)/b15-8+. The van der Waals surface area contributed by atoms with E-state index in [1.54, 1.807) is 0 Å². The van der Waals surface area contributed by atoms with Gasteiger partial charge in [-0.2, -0.15) is 5.26 Å². The zero-order chi connectivity index (χ0) is 19.4. The molecule has 2 aromatic carbocycles. The number of hydrogen-bond donors (Lipinski definition) is 3. The van der Waals surface area contributed by atoms with Crippen LogP contribution in [0.2, 0.25) is 0 Å². The molecule has 7 heteroatoms. The molecule has 0 fully saturated rings. The normalized spacial score (nSPS) is 11.0. The van der Waals surface area contributed by atoms with Crippen LogP contribution in [-0.4, -0.2) is 21.1 Å². The Kier molecular flexibility index (Phi) is 5.20. The lowest BCUT2D eigenvalue weighted by molar-refractivity contribution is -0.112. The van der Waals surface area contributed by atoms with Crippen molar-refractivity contribution in [2.45, 2.75) is 6.92 Å². The van der Waals surface area contributed by atoms with Gasteiger partial charge in [-0.3, -0.25) is 10.1 Å². The highest BCUT2D eigenvalue weighted by Crippen LogP contribution is 2.27. The fourth-order valence-corrected chi connectivity index (χ4v) is 3.01. The fraction of sp³-hybridized carbons (Fsp3) is 0.0500. The second-order valence-electron chi connectivity index (χ2n) is 5.78. The molecule has 134 valence electrons. The van der Waals surface area contributed by atoms with Gasteiger partial charge in [0.25, 0.3) is 5.91 Å². The summed E-state index contributed by atoms with van der Waals surface area (Å²) in [6.07, 6.45) is 1.32. The Hall–Kier alpha value is -3.63. The molecule has 0 aliphatic heterocycles. The van der Waals surface area contributed by atoms with E-state index in [9.17, 15) is 20.3 Å². The van der Waals surface area contributed by atoms with Gasteiger partial charge in [0.1, 0.15) is 11.6 Å². The van der Waals surface area contributed by atoms with Crippen LogP contribution in [0, 0.1) is 18.3 Å². The number of aryl methyl sites for hydroxylation is 1. The summed E-state index contributed by atoms with van der Waals surface area (Å²) >= 11 is 1.26. The number of nitrogens with zero attached hydrogens (tertiary/aromatic N) is 2. The van der Waals surface area contributed by atoms with E-state index in [1.807, 2.05) is 42.6 Å². The molecule has 0 aliphatic carbocycles. The molecule has 1 aromatic heterocycles. The molecule has 0 unspecified atom stereocenters. The van der Waals surface area contributed by atoms with Crippen molar-refractivity contribution in [3.63, 3.8) is 0 Å². The quantitative estimate of drug-likeness (QED) is 0.361. The first kappa shape index (κ1) is 18.2. The number of carbonyl (C=O) groups is 1. The van der Waals surface area contributed by atoms with Gasteiger partial charge in [-0.1, -0.05) is 35.9 Å². The summed E-state index contributed by atoms with van der Waals surface area (Å²) in [7, 11) is 0. The number of phenols is 2. The lowest BCUT2D eigenvalue weighted by Gasteiger charge is -2.02. The van der Waals surface area contributed by atoms with Crippen LogP contribution in [0.5, 0.6) is 11.5 Å². The van der Waals surface area contributed by atoms with Crippen molar-refractivity contribution >= 4 is 28.5 Å². The Morgan fingerprint density at radius 2 is 1.93 bits per heavy atom. The minimum atomic E-state index is -0.602. The number of benzene rings is 2. The van der Waals surface area contributed by atoms with E-state index >= 15 is 0 Å². The number of anilines is 1. The number of aromatic nitrogens is 1. The van der Waals surface area contributed by atoms with Crippen LogP contribution in [0.15, 0.2) is 53.4 Å². The SMILES string of the molecule is Cc1ccc(-c2csc(NC(=O)/C(C#N)=C/c3ccc(O)c(O)c3)n2)cc1. The highest BCUT2D eigenvalue weighted by atomic mass is 32.1. The molecule has 0 bridgehead atoms. The summed E-state index contributed by atoms with van der Waals surface area (Å²) in [6, 6.07) is 13.7. The molecule has 1 heterocycles. The topological polar surface area (TPSA) is 106 Å². The van der Waals surface area contributed by atoms with E-state index in [0.717, 1.165) is 16.8 Å². The molecule has 3 rings (SSSR count). The predicted molar refractivity (Wildman–Crippen MR) is 104 cm³/mol. The fourth-order valence-electron chi connectivity index (χ4n) is 2.30. The van der Waals surface area contributed by atoms with Gasteiger partial charge in [0.15, 0.2) is 16.6 Å². The molecule has 3 N–H and O–H groups in total. The number of nitrogens with one attached hydrogen (secondary N) is 1. The van der Waals surface area contributed by atoms with Crippen LogP contribution in [0.3, 0.4) is 0 Å². The first-order valence-electron chi connectivity index (χ1n) is 7.94. The lowest BCUT2D eigenvalue weighted by atomic mass is 10.1. The number of carbonyl (C=O) groups excluding carboxylic acids is 1. The van der Waals surface area contributed by atoms with Crippen molar-refractivity contribution in [3.05, 3.63) is 64.5 Å². The molecule has 3 aromatic rings. The average molecular weight is 377 g/mol. The Morgan fingerprint density at radius 1 is 1.19 bits per heavy atom. The van der Waals surface area contributed by atoms with Crippen LogP contribution < -0.4 is 5.32 Å². The van der Waals surface area contributed by atoms with Gasteiger partial charge in [0.2, 0.25) is 0 Å². The summed E-state index contributed by atoms with van der Waals surface area (Å²) < 4.78 is 0. The van der Waals surface area contributed by atoms with Gasteiger partial charge in [-0.05, 0) is 30.7 Å². The highest BCUT2D eigenvalue weighted by Gasteiger charge is 2.13. The molecule has 1 amide bonds. The average Bonchev–Trinajstić information content (AvgIpc) is 3.11. The maximum Gasteiger partial charge on any atom is 0.268 e. The Bertz CT molecular complexity index is 1060. The molecule has 0 spiro atoms. The lowest BCUT2D eigenvalue weighted by Crippen LogP contribution is -2.13. The number of aromatic hydroxyl groups is 2. The Morgan fingerprint density at radius 3 is 2.59 bits per heavy atom. The van der Waals surface area contributed by atoms with Gasteiger partial charge >= 0.3 is 0 Å². The number of hydrogen-bond acceptors (Lipinski definition) is 6. The smallest absolute Gasteiger partial charge is 0.268 e. The first-order valence-corrected chi connectivity index (χ1v) is 8.82. The van der Waals surface area contributed by atoms with E-state index in [0.29, 0.717) is 10.7 Å². The number of thiazole rings is 1. The van der Waals surface area contributed by atoms with Crippen LogP contribution in [-0.2, 0) is 4.79 Å². The zero-order valence-corrected chi connectivity index (χ0v) is 15.1. The van der Waals surface area contributed by atoms with Crippen LogP contribution in [0.1, 0.15) is 11.1 Å². The molecule has 27 heavy (non-hydrogen) atoms. The number of amides is 1. The van der Waals surface area contributed by atoms with Crippen molar-refractivity contribution in [2.75, 3.05) is 5.32 Å². The largest absolute Gasteiger partial charge is 0.504 e. The third-order valence-corrected chi connectivity index (χ3v) is 4.51. The molecule has 0 radical (unpaired) electrons. The number of nitriles is 1. The van der Waals surface area contributed by atoms with E-state index in [1.165, 1.54) is 35.6 Å². The van der Waals surface area contributed by atoms with Crippen molar-refractivity contribution in [3.8, 4) is 28.8 Å². The minimum Gasteiger partial charge on any atom is -0.504 e. The molecular formula is C20H15N3O3S. The first-order chi connectivity index (χ1) is 13.0. The van der Waals surface area contributed by atoms with Crippen molar-refractivity contribution in [1.82, 2.24) is 4.98 Å². The van der Waals surface area contributed by atoms with Gasteiger partial charge in [-0.15, -0.1) is 11.3 Å². The monoisotopic (exact) mass is 377 g/mol. The van der Waals surface area contributed by atoms with Crippen LogP contribution in [0.25, 0.3) is 17.3 Å². The van der Waals surface area contributed by atoms with Crippen molar-refractivity contribution in [1.29, 1.82) is 5.26 Å². The van der Waals surface area contributed by atoms with Gasteiger partial charge in [0, 0.05) is 10.9 Å². The van der Waals surface area contributed by atoms with E-state index in [-0.39, 0.29) is 17.1 Å². The summed E-state index contributed by atoms with van der Waals surface area (Å²) in [4.78, 5) is 16.7. The molecule has 6 nitrogen and oxygen atoms in total. The Balaban J connectivity index is 1.77. The van der Waals surface area contributed by atoms with Crippen molar-refractivity contribution in [2.24, 2.45) is 0 Å². The third-order valence-electron chi connectivity index (χ3n) is 3.75. The van der Waals surface area contributed by atoms with E-state index < -0.39 is 5.91 Å². The van der Waals surface area contributed by atoms with Gasteiger partial charge < -0.3 is 10.2 Å². The predicted octanol–water partition coefficient (Wildman–Crippen LogP) is 4.08. The molecule has 0 atom stereocenters. The van der Waals surface area contributed by atoms with Gasteiger partial charge in [-0.25, -0.2) is 4.98 Å². The minimum absolute atomic E-state index is 0.146. The molecule has 0 aliphatic rings. The summed E-state index contributed by atoms with van der Waals surface area (Å²) in [5.74, 6) is -1.21. The summed E-state index contributed by atoms with van der Waals surface area (Å²) in [6.45, 7) is 2.00. The highest BCUT2D eigenvalue weighted by molar-refractivity contribution is 7.14. The maximum atomic E-state index is 12.3. The van der Waals surface area contributed by atoms with Crippen LogP contribution >= 0.6 is 11.3 Å². The van der Waals surface area contributed by atoms with E-state index in [2.05, 4.69) is 10.3 Å². The zero-order valence-electron chi connectivity index (χ0n) is 14.3. The second kappa shape index (κ2) is 7.72. The van der Waals surface area contributed by atoms with Crippen LogP contribution in [0.4, 0.5) is 5.13 Å². The maximum absolute atomic E-state index is 12.3. The summed E-state index contributed by atoms with van der Waals surface area (Å²) in [5, 5.41) is 32.9. The Labute approximate surface area is 159 Å². The third kappa shape index (κ3) is 4.32. The number of rotatable bonds is 4. The molecular weight excluding hydrogens is 362 g/mol. The van der Waals surface area contributed by atoms with E-state index in [4.69, 9.17) is 0 Å². The van der Waals surface area contributed by atoms with Gasteiger partial charge in [0.05, 0.1) is 5.69 Å². The summed E-state index contributed by atoms with van der Waals surface area (Å²) in [5.41, 5.74) is 3.09. The second-order valence-corrected chi connectivity index (χ2v) is 6.63. The number of phenolic OH excluding ortho intramolecular Hbond substituents is 2. The molecule has 0 saturated carbocycles. The van der Waals surface area contributed by atoms with Crippen molar-refractivity contribution < 1.29 is 15.0 Å².